The predicted molar refractivity (Wildman–Crippen MR) is 132 cm³/mol. The van der Waals surface area contributed by atoms with Crippen LogP contribution in [0.5, 0.6) is 0 Å². The molecule has 0 unspecified atom stereocenters. The normalized spacial score (nSPS) is 25.0. The second-order valence-electron chi connectivity index (χ2n) is 8.69. The quantitative estimate of drug-likeness (QED) is 0.218. The largest absolute Gasteiger partial charge is 0.479 e. The Kier molecular flexibility index (Phi) is 9.42. The molecule has 0 aliphatic carbocycles. The van der Waals surface area contributed by atoms with E-state index < -0.39 is 64.6 Å². The fraction of sp³-hybridized carbons (Fsp3) is 0.391. The second-order valence-corrected chi connectivity index (χ2v) is 11.3. The molecule has 12 nitrogen and oxygen atoms in total. The molecule has 37 heavy (non-hydrogen) atoms. The zero-order valence-corrected chi connectivity index (χ0v) is 22.1. The van der Waals surface area contributed by atoms with Crippen molar-refractivity contribution in [1.29, 1.82) is 0 Å². The van der Waals surface area contributed by atoms with Gasteiger partial charge in [0, 0.05) is 4.47 Å². The third-order valence-corrected chi connectivity index (χ3v) is 7.65. The fourth-order valence-corrected chi connectivity index (χ4v) is 5.13. The van der Waals surface area contributed by atoms with Gasteiger partial charge in [0.25, 0.3) is 5.91 Å². The van der Waals surface area contributed by atoms with Crippen LogP contribution >= 0.6 is 15.9 Å². The van der Waals surface area contributed by atoms with Crippen LogP contribution in [0.1, 0.15) is 13.8 Å². The van der Waals surface area contributed by atoms with Crippen LogP contribution in [0.3, 0.4) is 0 Å². The molecule has 1 aliphatic heterocycles. The summed E-state index contributed by atoms with van der Waals surface area (Å²) in [4.78, 5) is 28.8. The monoisotopic (exact) mass is 602 g/mol. The molecule has 1 aliphatic rings. The topological polar surface area (TPSA) is 192 Å². The maximum absolute atomic E-state index is 13.0. The van der Waals surface area contributed by atoms with Crippen molar-refractivity contribution in [3.63, 3.8) is 0 Å². The number of hydrogen-bond acceptors (Lipinski definition) is 9. The van der Waals surface area contributed by atoms with Gasteiger partial charge in [-0.25, -0.2) is 23.5 Å². The molecule has 3 rings (SSSR count). The van der Waals surface area contributed by atoms with E-state index >= 15 is 0 Å². The van der Waals surface area contributed by atoms with Crippen molar-refractivity contribution in [3.05, 3.63) is 53.0 Å². The summed E-state index contributed by atoms with van der Waals surface area (Å²) in [5.41, 5.74) is 3.60. The van der Waals surface area contributed by atoms with Gasteiger partial charge in [-0.05, 0) is 41.3 Å². The summed E-state index contributed by atoms with van der Waals surface area (Å²) < 4.78 is 34.1. The summed E-state index contributed by atoms with van der Waals surface area (Å²) in [5.74, 6) is -3.15. The Morgan fingerprint density at radius 3 is 2.00 bits per heavy atom. The summed E-state index contributed by atoms with van der Waals surface area (Å²) in [6.45, 7) is 3.16. The minimum atomic E-state index is -4.15. The summed E-state index contributed by atoms with van der Waals surface area (Å²) in [6, 6.07) is 12.2. The molecule has 1 heterocycles. The van der Waals surface area contributed by atoms with Crippen LogP contribution in [-0.4, -0.2) is 77.5 Å². The number of rotatable bonds is 9. The van der Waals surface area contributed by atoms with Crippen LogP contribution in [0, 0.1) is 5.92 Å². The lowest BCUT2D eigenvalue weighted by atomic mass is 9.99. The standard InChI is InChI=1S/C23H27BrN2O10S/c1-11(2)16(21(30)25-36-23-19(29)17(27)18(28)20(35-23)22(31)32)26-37(33,34)15-9-5-13(6-10-15)12-3-7-14(24)8-4-12/h3-11,16-20,23,26-29H,1-2H3,(H,25,30)(H,31,32)/t16-,17+,18+,19-,20+,23+/m1/s1. The Bertz CT molecular complexity index is 1210. The molecule has 1 amide bonds. The summed E-state index contributed by atoms with van der Waals surface area (Å²) in [5, 5.41) is 38.7. The lowest BCUT2D eigenvalue weighted by molar-refractivity contribution is -0.306. The Hall–Kier alpha value is -2.43. The third kappa shape index (κ3) is 6.91. The highest BCUT2D eigenvalue weighted by molar-refractivity contribution is 9.10. The minimum absolute atomic E-state index is 0.0832. The maximum atomic E-state index is 13.0. The first-order chi connectivity index (χ1) is 17.3. The van der Waals surface area contributed by atoms with E-state index in [9.17, 15) is 33.3 Å². The van der Waals surface area contributed by atoms with Gasteiger partial charge in [0.05, 0.1) is 4.90 Å². The molecular formula is C23H27BrN2O10S. The average molecular weight is 603 g/mol. The van der Waals surface area contributed by atoms with Crippen molar-refractivity contribution < 1.29 is 48.0 Å². The van der Waals surface area contributed by atoms with E-state index in [0.717, 1.165) is 15.6 Å². The smallest absolute Gasteiger partial charge is 0.335 e. The van der Waals surface area contributed by atoms with Crippen LogP contribution in [0.15, 0.2) is 57.9 Å². The highest BCUT2D eigenvalue weighted by Gasteiger charge is 2.48. The Morgan fingerprint density at radius 1 is 0.946 bits per heavy atom. The number of aliphatic hydroxyl groups excluding tert-OH is 3. The number of carbonyl (C=O) groups excluding carboxylic acids is 1. The van der Waals surface area contributed by atoms with E-state index in [4.69, 9.17) is 14.7 Å². The number of amides is 1. The van der Waals surface area contributed by atoms with E-state index in [-0.39, 0.29) is 4.90 Å². The second kappa shape index (κ2) is 12.0. The van der Waals surface area contributed by atoms with Crippen molar-refractivity contribution >= 4 is 37.8 Å². The van der Waals surface area contributed by atoms with Gasteiger partial charge in [-0.15, -0.1) is 0 Å². The van der Waals surface area contributed by atoms with E-state index in [1.165, 1.54) is 12.1 Å². The van der Waals surface area contributed by atoms with Crippen LogP contribution in [0.4, 0.5) is 0 Å². The molecule has 1 fully saturated rings. The third-order valence-electron chi connectivity index (χ3n) is 5.66. The van der Waals surface area contributed by atoms with Crippen LogP contribution < -0.4 is 10.2 Å². The zero-order valence-electron chi connectivity index (χ0n) is 19.7. The number of carboxylic acids is 1. The number of carboxylic acid groups (broad SMARTS) is 1. The molecule has 2 aromatic rings. The molecule has 6 N–H and O–H groups in total. The minimum Gasteiger partial charge on any atom is -0.479 e. The molecule has 0 spiro atoms. The number of ether oxygens (including phenoxy) is 1. The van der Waals surface area contributed by atoms with Gasteiger partial charge < -0.3 is 25.2 Å². The van der Waals surface area contributed by atoms with Gasteiger partial charge in [-0.3, -0.25) is 4.79 Å². The lowest BCUT2D eigenvalue weighted by Crippen LogP contribution is -2.61. The number of carbonyl (C=O) groups is 2. The van der Waals surface area contributed by atoms with Crippen molar-refractivity contribution in [2.24, 2.45) is 5.92 Å². The molecule has 14 heteroatoms. The van der Waals surface area contributed by atoms with Gasteiger partial charge in [0.1, 0.15) is 24.4 Å². The zero-order chi connectivity index (χ0) is 27.5. The molecule has 0 aromatic heterocycles. The van der Waals surface area contributed by atoms with Crippen molar-refractivity contribution in [3.8, 4) is 11.1 Å². The Morgan fingerprint density at radius 2 is 1.49 bits per heavy atom. The molecule has 6 atom stereocenters. The Labute approximate surface area is 221 Å². The summed E-state index contributed by atoms with van der Waals surface area (Å²) in [6.07, 6.45) is -9.55. The summed E-state index contributed by atoms with van der Waals surface area (Å²) >= 11 is 3.36. The van der Waals surface area contributed by atoms with E-state index in [0.29, 0.717) is 0 Å². The maximum Gasteiger partial charge on any atom is 0.335 e. The number of hydrogen-bond donors (Lipinski definition) is 6. The highest BCUT2D eigenvalue weighted by atomic mass is 79.9. The molecule has 2 aromatic carbocycles. The van der Waals surface area contributed by atoms with Crippen LogP contribution in [0.2, 0.25) is 0 Å². The van der Waals surface area contributed by atoms with Crippen molar-refractivity contribution in [1.82, 2.24) is 10.2 Å². The van der Waals surface area contributed by atoms with E-state index in [2.05, 4.69) is 20.7 Å². The Balaban J connectivity index is 1.68. The van der Waals surface area contributed by atoms with Gasteiger partial charge in [-0.1, -0.05) is 54.0 Å². The van der Waals surface area contributed by atoms with Crippen molar-refractivity contribution in [2.75, 3.05) is 0 Å². The van der Waals surface area contributed by atoms with Crippen LogP contribution in [-0.2, 0) is 29.2 Å². The number of halogens is 1. The molecule has 202 valence electrons. The lowest BCUT2D eigenvalue weighted by Gasteiger charge is -2.38. The first-order valence-corrected chi connectivity index (χ1v) is 13.4. The summed E-state index contributed by atoms with van der Waals surface area (Å²) in [7, 11) is -4.15. The van der Waals surface area contributed by atoms with Gasteiger partial charge >= 0.3 is 5.97 Å². The first-order valence-electron chi connectivity index (χ1n) is 11.1. The van der Waals surface area contributed by atoms with Crippen LogP contribution in [0.25, 0.3) is 11.1 Å². The van der Waals surface area contributed by atoms with Gasteiger partial charge in [0.15, 0.2) is 6.10 Å². The van der Waals surface area contributed by atoms with Gasteiger partial charge in [0.2, 0.25) is 16.3 Å². The number of benzene rings is 2. The number of sulfonamides is 1. The molecular weight excluding hydrogens is 576 g/mol. The molecule has 0 radical (unpaired) electrons. The van der Waals surface area contributed by atoms with E-state index in [1.807, 2.05) is 29.7 Å². The number of aliphatic hydroxyl groups is 3. The predicted octanol–water partition coefficient (Wildman–Crippen LogP) is 0.359. The molecule has 1 saturated heterocycles. The highest BCUT2D eigenvalue weighted by Crippen LogP contribution is 2.24. The number of nitrogens with one attached hydrogen (secondary N) is 2. The van der Waals surface area contributed by atoms with Gasteiger partial charge in [-0.2, -0.15) is 4.72 Å². The fourth-order valence-electron chi connectivity index (χ4n) is 3.53. The van der Waals surface area contributed by atoms with Crippen molar-refractivity contribution in [2.45, 2.75) is 55.5 Å². The molecule has 0 bridgehead atoms. The first kappa shape index (κ1) is 29.1. The van der Waals surface area contributed by atoms with E-state index in [1.54, 1.807) is 26.0 Å². The number of hydroxylamine groups is 1. The number of aliphatic carboxylic acids is 1. The average Bonchev–Trinajstić information content (AvgIpc) is 2.85. The molecule has 0 saturated carbocycles. The SMILES string of the molecule is CC(C)[C@@H](NS(=O)(=O)c1ccc(-c2ccc(Br)cc2)cc1)C(=O)NO[C@@H]1O[C@H](C(=O)O)[C@@H](O)[C@H](O)[C@H]1O.